The Labute approximate surface area is 142 Å². The van der Waals surface area contributed by atoms with E-state index in [1.54, 1.807) is 11.8 Å². The number of halogens is 2. The molecule has 3 nitrogen and oxygen atoms in total. The van der Waals surface area contributed by atoms with Gasteiger partial charge in [-0.2, -0.15) is 0 Å². The molecule has 6 heteroatoms. The first-order valence-electron chi connectivity index (χ1n) is 6.95. The molecule has 1 heterocycles. The average molecular weight is 349 g/mol. The molecule has 2 unspecified atom stereocenters. The van der Waals surface area contributed by atoms with E-state index in [1.165, 1.54) is 0 Å². The Morgan fingerprint density at radius 1 is 1.48 bits per heavy atom. The maximum absolute atomic E-state index is 12.4. The third-order valence-electron chi connectivity index (χ3n) is 3.56. The zero-order valence-corrected chi connectivity index (χ0v) is 14.7. The SMILES string of the molecule is CNCC1CCN(C(=O)C(C)Sc2ccc(Cl)cc2)C1.Cl. The second kappa shape index (κ2) is 8.89. The van der Waals surface area contributed by atoms with E-state index < -0.39 is 0 Å². The first kappa shape index (κ1) is 18.6. The Morgan fingerprint density at radius 2 is 2.14 bits per heavy atom. The van der Waals surface area contributed by atoms with E-state index >= 15 is 0 Å². The number of thioether (sulfide) groups is 1. The summed E-state index contributed by atoms with van der Waals surface area (Å²) < 4.78 is 0. The van der Waals surface area contributed by atoms with Crippen LogP contribution in [0.25, 0.3) is 0 Å². The number of carbonyl (C=O) groups excluding carboxylic acids is 1. The van der Waals surface area contributed by atoms with Crippen LogP contribution >= 0.6 is 35.8 Å². The largest absolute Gasteiger partial charge is 0.341 e. The van der Waals surface area contributed by atoms with Gasteiger partial charge in [0.05, 0.1) is 5.25 Å². The quantitative estimate of drug-likeness (QED) is 0.828. The highest BCUT2D eigenvalue weighted by Crippen LogP contribution is 2.27. The van der Waals surface area contributed by atoms with Crippen LogP contribution in [0.5, 0.6) is 0 Å². The normalized spacial score (nSPS) is 19.2. The third kappa shape index (κ3) is 5.37. The molecule has 2 rings (SSSR count). The van der Waals surface area contributed by atoms with Crippen LogP contribution in [0.1, 0.15) is 13.3 Å². The summed E-state index contributed by atoms with van der Waals surface area (Å²) in [6, 6.07) is 7.65. The Balaban J connectivity index is 0.00000220. The number of likely N-dealkylation sites (tertiary alicyclic amines) is 1. The van der Waals surface area contributed by atoms with E-state index in [9.17, 15) is 4.79 Å². The van der Waals surface area contributed by atoms with E-state index in [0.29, 0.717) is 5.92 Å². The van der Waals surface area contributed by atoms with Crippen molar-refractivity contribution in [1.82, 2.24) is 10.2 Å². The molecular formula is C15H22Cl2N2OS. The molecular weight excluding hydrogens is 327 g/mol. The molecule has 1 aromatic carbocycles. The summed E-state index contributed by atoms with van der Waals surface area (Å²) in [7, 11) is 1.96. The third-order valence-corrected chi connectivity index (χ3v) is 4.92. The Kier molecular flexibility index (Phi) is 7.88. The van der Waals surface area contributed by atoms with Crippen LogP contribution in [0.4, 0.5) is 0 Å². The number of nitrogens with zero attached hydrogens (tertiary/aromatic N) is 1. The van der Waals surface area contributed by atoms with Gasteiger partial charge in [0.15, 0.2) is 0 Å². The fourth-order valence-corrected chi connectivity index (χ4v) is 3.59. The Hall–Kier alpha value is -0.420. The van der Waals surface area contributed by atoms with Gasteiger partial charge in [-0.1, -0.05) is 11.6 Å². The summed E-state index contributed by atoms with van der Waals surface area (Å²) in [6.07, 6.45) is 1.10. The molecule has 1 saturated heterocycles. The second-order valence-corrected chi connectivity index (χ2v) is 7.06. The van der Waals surface area contributed by atoms with Crippen molar-refractivity contribution in [3.8, 4) is 0 Å². The van der Waals surface area contributed by atoms with Crippen molar-refractivity contribution in [2.75, 3.05) is 26.7 Å². The summed E-state index contributed by atoms with van der Waals surface area (Å²) in [5.74, 6) is 0.834. The van der Waals surface area contributed by atoms with Crippen molar-refractivity contribution in [2.45, 2.75) is 23.5 Å². The molecule has 1 amide bonds. The van der Waals surface area contributed by atoms with Gasteiger partial charge >= 0.3 is 0 Å². The highest BCUT2D eigenvalue weighted by Gasteiger charge is 2.28. The molecule has 0 radical (unpaired) electrons. The zero-order valence-electron chi connectivity index (χ0n) is 12.3. The van der Waals surface area contributed by atoms with Gasteiger partial charge in [-0.25, -0.2) is 0 Å². The molecule has 21 heavy (non-hydrogen) atoms. The molecule has 118 valence electrons. The van der Waals surface area contributed by atoms with Crippen LogP contribution in [0.15, 0.2) is 29.2 Å². The fourth-order valence-electron chi connectivity index (χ4n) is 2.51. The number of amides is 1. The minimum atomic E-state index is -0.0514. The number of benzene rings is 1. The lowest BCUT2D eigenvalue weighted by Crippen LogP contribution is -2.35. The van der Waals surface area contributed by atoms with Gasteiger partial charge in [0.25, 0.3) is 0 Å². The van der Waals surface area contributed by atoms with E-state index in [4.69, 9.17) is 11.6 Å². The van der Waals surface area contributed by atoms with Crippen molar-refractivity contribution in [1.29, 1.82) is 0 Å². The van der Waals surface area contributed by atoms with Crippen LogP contribution in [0.2, 0.25) is 5.02 Å². The highest BCUT2D eigenvalue weighted by molar-refractivity contribution is 8.00. The van der Waals surface area contributed by atoms with Gasteiger partial charge in [-0.3, -0.25) is 4.79 Å². The maximum atomic E-state index is 12.4. The molecule has 1 fully saturated rings. The van der Waals surface area contributed by atoms with Gasteiger partial charge in [0, 0.05) is 23.0 Å². The van der Waals surface area contributed by atoms with Gasteiger partial charge in [0.2, 0.25) is 5.91 Å². The van der Waals surface area contributed by atoms with E-state index in [1.807, 2.05) is 43.1 Å². The van der Waals surface area contributed by atoms with E-state index in [-0.39, 0.29) is 23.6 Å². The lowest BCUT2D eigenvalue weighted by atomic mass is 10.1. The topological polar surface area (TPSA) is 32.3 Å². The van der Waals surface area contributed by atoms with Gasteiger partial charge in [-0.15, -0.1) is 24.2 Å². The molecule has 0 saturated carbocycles. The second-order valence-electron chi connectivity index (χ2n) is 5.21. The number of hydrogen-bond acceptors (Lipinski definition) is 3. The highest BCUT2D eigenvalue weighted by atomic mass is 35.5. The van der Waals surface area contributed by atoms with Crippen molar-refractivity contribution < 1.29 is 4.79 Å². The summed E-state index contributed by atoms with van der Waals surface area (Å²) in [5, 5.41) is 3.86. The lowest BCUT2D eigenvalue weighted by Gasteiger charge is -2.20. The first-order chi connectivity index (χ1) is 9.60. The average Bonchev–Trinajstić information content (AvgIpc) is 2.89. The standard InChI is InChI=1S/C15H21ClN2OS.ClH/c1-11(20-14-5-3-13(16)4-6-14)15(19)18-8-7-12(10-18)9-17-2;/h3-6,11-12,17H,7-10H2,1-2H3;1H. The number of carbonyl (C=O) groups is 1. The number of hydrogen-bond donors (Lipinski definition) is 1. The smallest absolute Gasteiger partial charge is 0.235 e. The van der Waals surface area contributed by atoms with Crippen LogP contribution in [-0.4, -0.2) is 42.7 Å². The van der Waals surface area contributed by atoms with Crippen molar-refractivity contribution in [3.63, 3.8) is 0 Å². The van der Waals surface area contributed by atoms with Crippen LogP contribution in [0, 0.1) is 5.92 Å². The summed E-state index contributed by atoms with van der Waals surface area (Å²) in [6.45, 7) is 4.73. The predicted molar refractivity (Wildman–Crippen MR) is 92.6 cm³/mol. The molecule has 1 aromatic rings. The summed E-state index contributed by atoms with van der Waals surface area (Å²) in [4.78, 5) is 15.5. The van der Waals surface area contributed by atoms with Crippen molar-refractivity contribution in [3.05, 3.63) is 29.3 Å². The molecule has 2 atom stereocenters. The summed E-state index contributed by atoms with van der Waals surface area (Å²) >= 11 is 7.47. The summed E-state index contributed by atoms with van der Waals surface area (Å²) in [5.41, 5.74) is 0. The van der Waals surface area contributed by atoms with Gasteiger partial charge in [0.1, 0.15) is 0 Å². The molecule has 0 spiro atoms. The number of nitrogens with one attached hydrogen (secondary N) is 1. The fraction of sp³-hybridized carbons (Fsp3) is 0.533. The zero-order chi connectivity index (χ0) is 14.5. The predicted octanol–water partition coefficient (Wildman–Crippen LogP) is 3.31. The molecule has 0 aromatic heterocycles. The minimum Gasteiger partial charge on any atom is -0.341 e. The van der Waals surface area contributed by atoms with Crippen molar-refractivity contribution in [2.24, 2.45) is 5.92 Å². The monoisotopic (exact) mass is 348 g/mol. The van der Waals surface area contributed by atoms with Crippen LogP contribution < -0.4 is 5.32 Å². The Bertz CT molecular complexity index is 455. The van der Waals surface area contributed by atoms with Crippen LogP contribution in [0.3, 0.4) is 0 Å². The molecule has 1 N–H and O–H groups in total. The Morgan fingerprint density at radius 3 is 2.76 bits per heavy atom. The van der Waals surface area contributed by atoms with E-state index in [0.717, 1.165) is 36.0 Å². The lowest BCUT2D eigenvalue weighted by molar-refractivity contribution is -0.129. The molecule has 0 aliphatic carbocycles. The van der Waals surface area contributed by atoms with Crippen molar-refractivity contribution >= 4 is 41.7 Å². The molecule has 1 aliphatic rings. The van der Waals surface area contributed by atoms with Gasteiger partial charge in [-0.05, 0) is 57.1 Å². The number of rotatable bonds is 5. The molecule has 0 bridgehead atoms. The van der Waals surface area contributed by atoms with Gasteiger partial charge < -0.3 is 10.2 Å². The first-order valence-corrected chi connectivity index (χ1v) is 8.21. The van der Waals surface area contributed by atoms with E-state index in [2.05, 4.69) is 5.32 Å². The minimum absolute atomic E-state index is 0. The molecule has 1 aliphatic heterocycles. The maximum Gasteiger partial charge on any atom is 0.235 e. The van der Waals surface area contributed by atoms with Crippen LogP contribution in [-0.2, 0) is 4.79 Å².